The number of aliphatic carboxylic acids is 1. The fourth-order valence-electron chi connectivity index (χ4n) is 3.75. The van der Waals surface area contributed by atoms with Gasteiger partial charge in [-0.25, -0.2) is 0 Å². The summed E-state index contributed by atoms with van der Waals surface area (Å²) in [5, 5.41) is 29.3. The van der Waals surface area contributed by atoms with Crippen molar-refractivity contribution in [2.24, 2.45) is 16.2 Å². The van der Waals surface area contributed by atoms with Gasteiger partial charge in [0.15, 0.2) is 0 Å². The molecule has 2 aliphatic rings. The third-order valence-corrected chi connectivity index (χ3v) is 5.42. The molecule has 0 amide bonds. The summed E-state index contributed by atoms with van der Waals surface area (Å²) in [5.41, 5.74) is -2.25. The van der Waals surface area contributed by atoms with Crippen LogP contribution in [0.15, 0.2) is 0 Å². The number of rotatable bonds is 1. The van der Waals surface area contributed by atoms with Crippen molar-refractivity contribution < 1.29 is 20.1 Å². The van der Waals surface area contributed by atoms with Crippen molar-refractivity contribution in [1.82, 2.24) is 0 Å². The molecule has 2 saturated carbocycles. The molecular formula is C11H18O4. The Morgan fingerprint density at radius 2 is 1.67 bits per heavy atom. The van der Waals surface area contributed by atoms with E-state index < -0.39 is 34.4 Å². The zero-order valence-corrected chi connectivity index (χ0v) is 9.32. The molecule has 0 spiro atoms. The van der Waals surface area contributed by atoms with Crippen LogP contribution in [0.2, 0.25) is 0 Å². The van der Waals surface area contributed by atoms with E-state index in [1.165, 1.54) is 0 Å². The highest BCUT2D eigenvalue weighted by Gasteiger charge is 2.77. The topological polar surface area (TPSA) is 77.8 Å². The molecule has 4 heteroatoms. The molecule has 0 aromatic carbocycles. The van der Waals surface area contributed by atoms with Crippen LogP contribution in [0, 0.1) is 16.2 Å². The fraction of sp³-hybridized carbons (Fsp3) is 0.909. The summed E-state index contributed by atoms with van der Waals surface area (Å²) in [4.78, 5) is 11.4. The van der Waals surface area contributed by atoms with Gasteiger partial charge in [-0.1, -0.05) is 20.8 Å². The first kappa shape index (κ1) is 10.9. The van der Waals surface area contributed by atoms with E-state index in [1.54, 1.807) is 0 Å². The lowest BCUT2D eigenvalue weighted by Gasteiger charge is -2.38. The molecule has 15 heavy (non-hydrogen) atoms. The van der Waals surface area contributed by atoms with Crippen molar-refractivity contribution in [3.63, 3.8) is 0 Å². The van der Waals surface area contributed by atoms with E-state index in [0.29, 0.717) is 12.8 Å². The van der Waals surface area contributed by atoms with Crippen molar-refractivity contribution in [3.8, 4) is 0 Å². The Kier molecular flexibility index (Phi) is 1.85. The van der Waals surface area contributed by atoms with Crippen LogP contribution in [0.25, 0.3) is 0 Å². The third kappa shape index (κ3) is 0.807. The zero-order chi connectivity index (χ0) is 11.6. The number of carbonyl (C=O) groups is 1. The van der Waals surface area contributed by atoms with E-state index in [9.17, 15) is 20.1 Å². The normalized spacial score (nSPS) is 52.1. The van der Waals surface area contributed by atoms with Crippen LogP contribution in [0.3, 0.4) is 0 Å². The lowest BCUT2D eigenvalue weighted by atomic mass is 9.64. The number of hydrogen-bond donors (Lipinski definition) is 3. The maximum atomic E-state index is 11.4. The highest BCUT2D eigenvalue weighted by molar-refractivity contribution is 5.79. The Balaban J connectivity index is 2.62. The minimum absolute atomic E-state index is 0.448. The summed E-state index contributed by atoms with van der Waals surface area (Å²) >= 11 is 0. The molecule has 0 aromatic heterocycles. The number of aliphatic hydroxyl groups is 2. The van der Waals surface area contributed by atoms with E-state index >= 15 is 0 Å². The first-order valence-corrected chi connectivity index (χ1v) is 5.31. The average molecular weight is 214 g/mol. The fourth-order valence-corrected chi connectivity index (χ4v) is 3.75. The predicted molar refractivity (Wildman–Crippen MR) is 53.2 cm³/mol. The molecule has 2 fully saturated rings. The second kappa shape index (κ2) is 2.55. The second-order valence-electron chi connectivity index (χ2n) is 5.71. The number of carboxylic acids is 1. The molecule has 0 aromatic rings. The summed E-state index contributed by atoms with van der Waals surface area (Å²) in [7, 11) is 0. The first-order chi connectivity index (χ1) is 6.72. The smallest absolute Gasteiger partial charge is 0.312 e. The quantitative estimate of drug-likeness (QED) is 0.598. The minimum Gasteiger partial charge on any atom is -0.481 e. The minimum atomic E-state index is -1.18. The van der Waals surface area contributed by atoms with Gasteiger partial charge in [0.2, 0.25) is 0 Å². The Labute approximate surface area is 88.9 Å². The second-order valence-corrected chi connectivity index (χ2v) is 5.71. The summed E-state index contributed by atoms with van der Waals surface area (Å²) in [6.07, 6.45) is -0.977. The predicted octanol–water partition coefficient (Wildman–Crippen LogP) is 0.619. The molecule has 2 bridgehead atoms. The Morgan fingerprint density at radius 3 is 1.93 bits per heavy atom. The van der Waals surface area contributed by atoms with E-state index in [0.717, 1.165) is 0 Å². The number of fused-ring (bicyclic) bond motifs is 2. The van der Waals surface area contributed by atoms with Crippen molar-refractivity contribution in [3.05, 3.63) is 0 Å². The maximum absolute atomic E-state index is 11.4. The standard InChI is InChI=1S/C11H18O4/c1-9(2)10(3)4-5-11(9,8(14)15)7(13)6(10)12/h6-7,12-13H,4-5H2,1-3H3,(H,14,15)/t6-,7+,10+,11+/m0/s1. The molecule has 0 aliphatic heterocycles. The number of aliphatic hydroxyl groups excluding tert-OH is 2. The van der Waals surface area contributed by atoms with Gasteiger partial charge in [0, 0.05) is 5.41 Å². The average Bonchev–Trinajstić information content (AvgIpc) is 2.39. The largest absolute Gasteiger partial charge is 0.481 e. The zero-order valence-electron chi connectivity index (χ0n) is 9.32. The van der Waals surface area contributed by atoms with Gasteiger partial charge in [0.25, 0.3) is 0 Å². The van der Waals surface area contributed by atoms with E-state index in [2.05, 4.69) is 0 Å². The van der Waals surface area contributed by atoms with Gasteiger partial charge in [0.1, 0.15) is 5.41 Å². The maximum Gasteiger partial charge on any atom is 0.312 e. The number of carboxylic acid groups (broad SMARTS) is 1. The Morgan fingerprint density at radius 1 is 1.13 bits per heavy atom. The van der Waals surface area contributed by atoms with Crippen molar-refractivity contribution >= 4 is 5.97 Å². The van der Waals surface area contributed by atoms with E-state index in [-0.39, 0.29) is 0 Å². The Bertz CT molecular complexity index is 325. The lowest BCUT2D eigenvalue weighted by Crippen LogP contribution is -2.48. The molecule has 0 radical (unpaired) electrons. The van der Waals surface area contributed by atoms with Crippen LogP contribution in [0.5, 0.6) is 0 Å². The monoisotopic (exact) mass is 214 g/mol. The highest BCUT2D eigenvalue weighted by atomic mass is 16.4. The SMILES string of the molecule is CC1(C)[C@]2(C(=O)O)CC[C@]1(C)[C@@H](O)[C@H]2O. The third-order valence-electron chi connectivity index (χ3n) is 5.42. The molecular weight excluding hydrogens is 196 g/mol. The van der Waals surface area contributed by atoms with Crippen LogP contribution in [-0.4, -0.2) is 33.5 Å². The molecule has 3 N–H and O–H groups in total. The van der Waals surface area contributed by atoms with Crippen LogP contribution in [0.4, 0.5) is 0 Å². The van der Waals surface area contributed by atoms with Crippen LogP contribution >= 0.6 is 0 Å². The van der Waals surface area contributed by atoms with Crippen molar-refractivity contribution in [1.29, 1.82) is 0 Å². The summed E-state index contributed by atoms with van der Waals surface area (Å²) in [6, 6.07) is 0. The van der Waals surface area contributed by atoms with E-state index in [1.807, 2.05) is 20.8 Å². The lowest BCUT2D eigenvalue weighted by molar-refractivity contribution is -0.164. The molecule has 4 nitrogen and oxygen atoms in total. The molecule has 0 unspecified atom stereocenters. The van der Waals surface area contributed by atoms with Crippen LogP contribution < -0.4 is 0 Å². The van der Waals surface area contributed by atoms with E-state index in [4.69, 9.17) is 0 Å². The van der Waals surface area contributed by atoms with Gasteiger partial charge in [-0.05, 0) is 18.3 Å². The van der Waals surface area contributed by atoms with Gasteiger partial charge in [-0.3, -0.25) is 4.79 Å². The molecule has 4 atom stereocenters. The highest BCUT2D eigenvalue weighted by Crippen LogP contribution is 2.72. The Hall–Kier alpha value is -0.610. The van der Waals surface area contributed by atoms with Gasteiger partial charge in [0.05, 0.1) is 12.2 Å². The molecule has 86 valence electrons. The summed E-state index contributed by atoms with van der Waals surface area (Å²) in [6.45, 7) is 5.56. The van der Waals surface area contributed by atoms with Gasteiger partial charge in [-0.15, -0.1) is 0 Å². The first-order valence-electron chi connectivity index (χ1n) is 5.31. The molecule has 0 saturated heterocycles. The van der Waals surface area contributed by atoms with Gasteiger partial charge in [-0.2, -0.15) is 0 Å². The number of hydrogen-bond acceptors (Lipinski definition) is 3. The summed E-state index contributed by atoms with van der Waals surface area (Å²) in [5.74, 6) is -0.986. The summed E-state index contributed by atoms with van der Waals surface area (Å²) < 4.78 is 0. The van der Waals surface area contributed by atoms with Crippen LogP contribution in [-0.2, 0) is 4.79 Å². The molecule has 0 heterocycles. The molecule has 2 aliphatic carbocycles. The molecule has 2 rings (SSSR count). The van der Waals surface area contributed by atoms with Crippen molar-refractivity contribution in [2.45, 2.75) is 45.8 Å². The van der Waals surface area contributed by atoms with Gasteiger partial charge < -0.3 is 15.3 Å². The van der Waals surface area contributed by atoms with Crippen LogP contribution in [0.1, 0.15) is 33.6 Å². The van der Waals surface area contributed by atoms with Crippen molar-refractivity contribution in [2.75, 3.05) is 0 Å². The van der Waals surface area contributed by atoms with Gasteiger partial charge >= 0.3 is 5.97 Å².